The summed E-state index contributed by atoms with van der Waals surface area (Å²) in [6, 6.07) is 0. The van der Waals surface area contributed by atoms with E-state index in [0.29, 0.717) is 0 Å². The maximum atomic E-state index is 10.0. The molecule has 2 amide bonds. The van der Waals surface area contributed by atoms with Gasteiger partial charge in [-0.25, -0.2) is 5.41 Å². The van der Waals surface area contributed by atoms with Crippen molar-refractivity contribution in [1.82, 2.24) is 5.32 Å². The molecule has 5 heteroatoms. The number of imide groups is 1. The third kappa shape index (κ3) is 3.65. The second-order valence-corrected chi connectivity index (χ2v) is 1.49. The highest BCUT2D eigenvalue weighted by atomic mass is 32.1. The van der Waals surface area contributed by atoms with Crippen molar-refractivity contribution in [1.29, 1.82) is 5.41 Å². The summed E-state index contributed by atoms with van der Waals surface area (Å²) in [6.45, 7) is 0. The quantitative estimate of drug-likeness (QED) is 0.291. The molecule has 0 aromatic rings. The molecular weight excluding hydrogens is 152 g/mol. The van der Waals surface area contributed by atoms with E-state index < -0.39 is 0 Å². The first kappa shape index (κ1) is 8.68. The van der Waals surface area contributed by atoms with E-state index in [4.69, 9.17) is 5.41 Å². The molecule has 1 aliphatic rings. The monoisotopic (exact) mass is 156 g/mol. The number of nitrogens with one attached hydrogen (secondary N) is 2. The molecule has 0 aromatic heterocycles. The lowest BCUT2D eigenvalue weighted by Crippen LogP contribution is -2.19. The molecule has 0 unspecified atom stereocenters. The van der Waals surface area contributed by atoms with E-state index in [9.17, 15) is 9.59 Å². The van der Waals surface area contributed by atoms with Crippen LogP contribution in [0.1, 0.15) is 0 Å². The molecule has 1 aliphatic heterocycles. The average Bonchev–Trinajstić information content (AvgIpc) is 2.17. The van der Waals surface area contributed by atoms with Crippen LogP contribution >= 0.6 is 12.2 Å². The predicted molar refractivity (Wildman–Crippen MR) is 37.6 cm³/mol. The summed E-state index contributed by atoms with van der Waals surface area (Å²) in [6.07, 6.45) is 2.39. The third-order valence-electron chi connectivity index (χ3n) is 0.632. The summed E-state index contributed by atoms with van der Waals surface area (Å²) < 4.78 is 0. The average molecular weight is 156 g/mol. The Balaban J connectivity index is 0.000000236. The zero-order valence-corrected chi connectivity index (χ0v) is 5.70. The Morgan fingerprint density at radius 1 is 1.40 bits per heavy atom. The highest BCUT2D eigenvalue weighted by Crippen LogP contribution is 1.82. The van der Waals surface area contributed by atoms with Crippen molar-refractivity contribution in [2.24, 2.45) is 0 Å². The fourth-order valence-corrected chi connectivity index (χ4v) is 0.356. The molecular formula is C5H4N2O2S. The summed E-state index contributed by atoms with van der Waals surface area (Å²) in [5.41, 5.74) is 0. The number of carbonyl (C=O) groups is 2. The summed E-state index contributed by atoms with van der Waals surface area (Å²) in [4.78, 5) is 20.1. The van der Waals surface area contributed by atoms with Crippen LogP contribution in [0.2, 0.25) is 0 Å². The normalized spacial score (nSPS) is 13.2. The number of isothiocyanates is 1. The molecule has 52 valence electrons. The van der Waals surface area contributed by atoms with Crippen LogP contribution in [0.15, 0.2) is 12.2 Å². The molecule has 1 heterocycles. The van der Waals surface area contributed by atoms with Gasteiger partial charge in [-0.1, -0.05) is 0 Å². The minimum atomic E-state index is -0.329. The molecule has 0 saturated carbocycles. The molecule has 0 spiro atoms. The Kier molecular flexibility index (Phi) is 3.95. The molecule has 0 saturated heterocycles. The van der Waals surface area contributed by atoms with Crippen LogP contribution < -0.4 is 5.32 Å². The summed E-state index contributed by atoms with van der Waals surface area (Å²) in [5, 5.41) is 9.38. The Bertz CT molecular complexity index is 200. The van der Waals surface area contributed by atoms with Crippen LogP contribution in [0, 0.1) is 5.41 Å². The highest BCUT2D eigenvalue weighted by molar-refractivity contribution is 7.78. The summed E-state index contributed by atoms with van der Waals surface area (Å²) in [5.74, 6) is -0.657. The van der Waals surface area contributed by atoms with Gasteiger partial charge in [0.25, 0.3) is 11.8 Å². The van der Waals surface area contributed by atoms with Gasteiger partial charge < -0.3 is 0 Å². The minimum absolute atomic E-state index is 0.329. The van der Waals surface area contributed by atoms with E-state index in [1.54, 1.807) is 5.16 Å². The topological polar surface area (TPSA) is 70.0 Å². The van der Waals surface area contributed by atoms with Crippen LogP contribution in [-0.2, 0) is 9.59 Å². The van der Waals surface area contributed by atoms with Gasteiger partial charge in [-0.2, -0.15) is 0 Å². The Morgan fingerprint density at radius 3 is 1.80 bits per heavy atom. The first-order valence-electron chi connectivity index (χ1n) is 2.27. The fraction of sp³-hybridized carbons (Fsp3) is 0. The first-order chi connectivity index (χ1) is 4.70. The van der Waals surface area contributed by atoms with Crippen LogP contribution in [0.4, 0.5) is 0 Å². The summed E-state index contributed by atoms with van der Waals surface area (Å²) >= 11 is 3.81. The molecule has 0 aliphatic carbocycles. The lowest BCUT2D eigenvalue weighted by Gasteiger charge is -1.80. The van der Waals surface area contributed by atoms with Gasteiger partial charge in [0.2, 0.25) is 0 Å². The molecule has 0 aromatic carbocycles. The molecule has 0 atom stereocenters. The van der Waals surface area contributed by atoms with E-state index in [1.807, 2.05) is 5.32 Å². The summed E-state index contributed by atoms with van der Waals surface area (Å²) in [7, 11) is 0. The van der Waals surface area contributed by atoms with Crippen molar-refractivity contribution in [3.8, 4) is 0 Å². The van der Waals surface area contributed by atoms with Gasteiger partial charge in [0.1, 0.15) is 0 Å². The molecule has 2 N–H and O–H groups in total. The minimum Gasteiger partial charge on any atom is -0.289 e. The van der Waals surface area contributed by atoms with Gasteiger partial charge in [-0.05, 0) is 12.2 Å². The predicted octanol–water partition coefficient (Wildman–Crippen LogP) is -0.133. The number of hydrogen-bond donors (Lipinski definition) is 2. The van der Waals surface area contributed by atoms with Crippen molar-refractivity contribution in [3.63, 3.8) is 0 Å². The zero-order chi connectivity index (χ0) is 7.98. The lowest BCUT2D eigenvalue weighted by atomic mass is 10.6. The van der Waals surface area contributed by atoms with E-state index >= 15 is 0 Å². The van der Waals surface area contributed by atoms with Gasteiger partial charge in [-0.3, -0.25) is 14.9 Å². The van der Waals surface area contributed by atoms with E-state index in [1.165, 1.54) is 12.2 Å². The zero-order valence-electron chi connectivity index (χ0n) is 4.88. The number of rotatable bonds is 0. The molecule has 10 heavy (non-hydrogen) atoms. The maximum absolute atomic E-state index is 10.0. The van der Waals surface area contributed by atoms with Crippen LogP contribution in [0.3, 0.4) is 0 Å². The Morgan fingerprint density at radius 2 is 1.70 bits per heavy atom. The van der Waals surface area contributed by atoms with Crippen LogP contribution in [0.5, 0.6) is 0 Å². The highest BCUT2D eigenvalue weighted by Gasteiger charge is 2.06. The van der Waals surface area contributed by atoms with Gasteiger partial charge in [0.05, 0.1) is 5.16 Å². The largest absolute Gasteiger partial charge is 0.289 e. The van der Waals surface area contributed by atoms with Gasteiger partial charge in [-0.15, -0.1) is 0 Å². The van der Waals surface area contributed by atoms with Crippen LogP contribution in [0.25, 0.3) is 0 Å². The van der Waals surface area contributed by atoms with Crippen molar-refractivity contribution in [2.75, 3.05) is 0 Å². The van der Waals surface area contributed by atoms with Crippen molar-refractivity contribution in [3.05, 3.63) is 12.2 Å². The molecule has 0 radical (unpaired) electrons. The van der Waals surface area contributed by atoms with E-state index in [2.05, 4.69) is 12.2 Å². The number of carbonyl (C=O) groups excluding carboxylic acids is 2. The standard InChI is InChI=1S/C4H3NO2.CHNS/c6-3-1-2-4(7)5-3;2-1-3/h1-2H,(H,5,6,7);2H. The number of thiocarbonyl (C=S) groups is 1. The van der Waals surface area contributed by atoms with Gasteiger partial charge in [0, 0.05) is 12.2 Å². The first-order valence-corrected chi connectivity index (χ1v) is 2.68. The van der Waals surface area contributed by atoms with Crippen molar-refractivity contribution < 1.29 is 9.59 Å². The van der Waals surface area contributed by atoms with Gasteiger partial charge >= 0.3 is 0 Å². The molecule has 0 fully saturated rings. The van der Waals surface area contributed by atoms with Gasteiger partial charge in [0.15, 0.2) is 0 Å². The lowest BCUT2D eigenvalue weighted by molar-refractivity contribution is -0.123. The van der Waals surface area contributed by atoms with Crippen molar-refractivity contribution >= 4 is 29.2 Å². The fourth-order valence-electron chi connectivity index (χ4n) is 0.356. The Labute approximate surface area is 62.4 Å². The second kappa shape index (κ2) is 4.55. The molecule has 1 rings (SSSR count). The SMILES string of the molecule is N=C=S.O=C1C=CC(=O)N1. The Hall–Kier alpha value is -1.32. The number of amides is 2. The molecule has 0 bridgehead atoms. The number of hydrogen-bond acceptors (Lipinski definition) is 4. The second-order valence-electron chi connectivity index (χ2n) is 1.29. The van der Waals surface area contributed by atoms with E-state index in [0.717, 1.165) is 0 Å². The molecule has 4 nitrogen and oxygen atoms in total. The van der Waals surface area contributed by atoms with Crippen molar-refractivity contribution in [2.45, 2.75) is 0 Å². The maximum Gasteiger partial charge on any atom is 0.250 e. The third-order valence-corrected chi connectivity index (χ3v) is 0.632. The smallest absolute Gasteiger partial charge is 0.250 e. The van der Waals surface area contributed by atoms with Crippen LogP contribution in [-0.4, -0.2) is 17.0 Å². The van der Waals surface area contributed by atoms with E-state index in [-0.39, 0.29) is 11.8 Å².